The Bertz CT molecular complexity index is 1390. The molecule has 164 valence electrons. The van der Waals surface area contributed by atoms with Gasteiger partial charge in [0.15, 0.2) is 0 Å². The third-order valence-electron chi connectivity index (χ3n) is 5.87. The second-order valence-electron chi connectivity index (χ2n) is 7.98. The maximum atomic E-state index is 13.1. The van der Waals surface area contributed by atoms with Crippen LogP contribution in [0.25, 0.3) is 17.0 Å². The van der Waals surface area contributed by atoms with Gasteiger partial charge in [-0.15, -0.1) is 0 Å². The van der Waals surface area contributed by atoms with Gasteiger partial charge in [-0.3, -0.25) is 14.5 Å². The fraction of sp³-hybridized carbons (Fsp3) is 0.111. The highest BCUT2D eigenvalue weighted by molar-refractivity contribution is 9.10. The Labute approximate surface area is 205 Å². The molecule has 1 aromatic heterocycles. The van der Waals surface area contributed by atoms with Gasteiger partial charge in [-0.2, -0.15) is 0 Å². The molecular weight excluding hydrogens is 496 g/mol. The second kappa shape index (κ2) is 9.04. The van der Waals surface area contributed by atoms with Gasteiger partial charge >= 0.3 is 0 Å². The van der Waals surface area contributed by atoms with Gasteiger partial charge in [-0.1, -0.05) is 76.6 Å². The average Bonchev–Trinajstić information content (AvgIpc) is 3.24. The first-order chi connectivity index (χ1) is 16.0. The molecule has 2 amide bonds. The molecule has 0 N–H and O–H groups in total. The van der Waals surface area contributed by atoms with Crippen LogP contribution < -0.4 is 0 Å². The quantitative estimate of drug-likeness (QED) is 0.268. The smallest absolute Gasteiger partial charge is 0.293 e. The van der Waals surface area contributed by atoms with Crippen molar-refractivity contribution in [3.05, 3.63) is 111 Å². The van der Waals surface area contributed by atoms with Crippen molar-refractivity contribution in [1.82, 2.24) is 9.47 Å². The summed E-state index contributed by atoms with van der Waals surface area (Å²) in [6.07, 6.45) is 1.88. The number of carbonyl (C=O) groups is 2. The van der Waals surface area contributed by atoms with Crippen LogP contribution in [-0.4, -0.2) is 20.6 Å². The standard InChI is InChI=1S/C27H21BrN2O2S/c1-18-23(22-9-5-6-10-24(22)29(18)16-19-7-3-2-4-8-19)15-25-26(31)30(27(32)33-25)17-20-11-13-21(28)14-12-20/h2-15H,16-17H2,1H3/b25-15-. The van der Waals surface area contributed by atoms with Crippen LogP contribution in [0.15, 0.2) is 88.2 Å². The molecule has 2 heterocycles. The van der Waals surface area contributed by atoms with Gasteiger partial charge in [0, 0.05) is 33.2 Å². The monoisotopic (exact) mass is 516 g/mol. The lowest BCUT2D eigenvalue weighted by molar-refractivity contribution is -0.123. The molecule has 6 heteroatoms. The van der Waals surface area contributed by atoms with E-state index in [1.165, 1.54) is 10.5 Å². The number of fused-ring (bicyclic) bond motifs is 1. The van der Waals surface area contributed by atoms with Crippen molar-refractivity contribution in [2.75, 3.05) is 0 Å². The van der Waals surface area contributed by atoms with E-state index in [0.29, 0.717) is 4.91 Å². The highest BCUT2D eigenvalue weighted by Gasteiger charge is 2.35. The SMILES string of the molecule is Cc1c(/C=C2\SC(=O)N(Cc3ccc(Br)cc3)C2=O)c2ccccc2n1Cc1ccccc1. The Morgan fingerprint density at radius 1 is 0.848 bits per heavy atom. The highest BCUT2D eigenvalue weighted by atomic mass is 79.9. The highest BCUT2D eigenvalue weighted by Crippen LogP contribution is 2.36. The minimum Gasteiger partial charge on any atom is -0.340 e. The molecule has 1 saturated heterocycles. The molecule has 0 saturated carbocycles. The van der Waals surface area contributed by atoms with E-state index < -0.39 is 0 Å². The van der Waals surface area contributed by atoms with E-state index in [0.717, 1.165) is 50.5 Å². The van der Waals surface area contributed by atoms with Crippen LogP contribution >= 0.6 is 27.7 Å². The fourth-order valence-electron chi connectivity index (χ4n) is 4.15. The lowest BCUT2D eigenvalue weighted by atomic mass is 10.1. The lowest BCUT2D eigenvalue weighted by Crippen LogP contribution is -2.27. The first kappa shape index (κ1) is 21.7. The Balaban J connectivity index is 1.50. The number of para-hydroxylation sites is 1. The fourth-order valence-corrected chi connectivity index (χ4v) is 5.23. The van der Waals surface area contributed by atoms with Gasteiger partial charge in [0.1, 0.15) is 0 Å². The van der Waals surface area contributed by atoms with E-state index in [4.69, 9.17) is 0 Å². The topological polar surface area (TPSA) is 42.3 Å². The molecule has 0 aliphatic carbocycles. The van der Waals surface area contributed by atoms with Crippen molar-refractivity contribution in [1.29, 1.82) is 0 Å². The summed E-state index contributed by atoms with van der Waals surface area (Å²) >= 11 is 4.42. The summed E-state index contributed by atoms with van der Waals surface area (Å²) in [6, 6.07) is 26.2. The number of thioether (sulfide) groups is 1. The maximum absolute atomic E-state index is 13.1. The molecule has 0 unspecified atom stereocenters. The summed E-state index contributed by atoms with van der Waals surface area (Å²) in [4.78, 5) is 27.6. The van der Waals surface area contributed by atoms with Crippen molar-refractivity contribution in [2.45, 2.75) is 20.0 Å². The Kier molecular flexibility index (Phi) is 5.96. The number of carbonyl (C=O) groups excluding carboxylic acids is 2. The Hall–Kier alpha value is -3.09. The van der Waals surface area contributed by atoms with Crippen LogP contribution in [0.1, 0.15) is 22.4 Å². The van der Waals surface area contributed by atoms with Gasteiger partial charge < -0.3 is 4.57 Å². The van der Waals surface area contributed by atoms with Gasteiger partial charge in [0.2, 0.25) is 0 Å². The van der Waals surface area contributed by atoms with Gasteiger partial charge in [-0.25, -0.2) is 0 Å². The number of aromatic nitrogens is 1. The summed E-state index contributed by atoms with van der Waals surface area (Å²) in [5, 5.41) is 0.838. The molecule has 4 nitrogen and oxygen atoms in total. The van der Waals surface area contributed by atoms with E-state index >= 15 is 0 Å². The number of benzene rings is 3. The lowest BCUT2D eigenvalue weighted by Gasteiger charge is -2.12. The zero-order valence-electron chi connectivity index (χ0n) is 18.0. The van der Waals surface area contributed by atoms with Crippen LogP contribution in [0.3, 0.4) is 0 Å². The Morgan fingerprint density at radius 2 is 1.52 bits per heavy atom. The third kappa shape index (κ3) is 4.28. The number of rotatable bonds is 5. The van der Waals surface area contributed by atoms with E-state index in [-0.39, 0.29) is 17.7 Å². The molecule has 1 aliphatic rings. The molecule has 1 aliphatic heterocycles. The number of imide groups is 1. The molecule has 0 radical (unpaired) electrons. The van der Waals surface area contributed by atoms with E-state index in [2.05, 4.69) is 51.7 Å². The van der Waals surface area contributed by atoms with Gasteiger partial charge in [0.25, 0.3) is 11.1 Å². The number of halogens is 1. The predicted molar refractivity (Wildman–Crippen MR) is 138 cm³/mol. The molecule has 0 bridgehead atoms. The second-order valence-corrected chi connectivity index (χ2v) is 9.89. The normalized spacial score (nSPS) is 15.2. The van der Waals surface area contributed by atoms with Crippen LogP contribution in [0, 0.1) is 6.92 Å². The molecule has 3 aromatic carbocycles. The largest absolute Gasteiger partial charge is 0.340 e. The summed E-state index contributed by atoms with van der Waals surface area (Å²) in [5.41, 5.74) is 5.29. The Morgan fingerprint density at radius 3 is 2.27 bits per heavy atom. The van der Waals surface area contributed by atoms with Crippen molar-refractivity contribution >= 4 is 55.8 Å². The van der Waals surface area contributed by atoms with Crippen molar-refractivity contribution in [2.24, 2.45) is 0 Å². The van der Waals surface area contributed by atoms with Crippen molar-refractivity contribution < 1.29 is 9.59 Å². The van der Waals surface area contributed by atoms with Gasteiger partial charge in [-0.05, 0) is 54.1 Å². The summed E-state index contributed by atoms with van der Waals surface area (Å²) in [5.74, 6) is -0.243. The molecule has 1 fully saturated rings. The average molecular weight is 517 g/mol. The first-order valence-corrected chi connectivity index (χ1v) is 12.2. The van der Waals surface area contributed by atoms with Crippen molar-refractivity contribution in [3.8, 4) is 0 Å². The number of hydrogen-bond donors (Lipinski definition) is 0. The van der Waals surface area contributed by atoms with Crippen LogP contribution in [0.4, 0.5) is 4.79 Å². The van der Waals surface area contributed by atoms with Crippen LogP contribution in [0.2, 0.25) is 0 Å². The minimum atomic E-state index is -0.243. The zero-order chi connectivity index (χ0) is 22.9. The molecule has 33 heavy (non-hydrogen) atoms. The number of hydrogen-bond acceptors (Lipinski definition) is 3. The summed E-state index contributed by atoms with van der Waals surface area (Å²) in [7, 11) is 0. The number of nitrogens with zero attached hydrogens (tertiary/aromatic N) is 2. The van der Waals surface area contributed by atoms with E-state index in [1.807, 2.05) is 60.7 Å². The van der Waals surface area contributed by atoms with Crippen LogP contribution in [-0.2, 0) is 17.9 Å². The summed E-state index contributed by atoms with van der Waals surface area (Å²) < 4.78 is 3.23. The molecule has 4 aromatic rings. The predicted octanol–water partition coefficient (Wildman–Crippen LogP) is 7.00. The first-order valence-electron chi connectivity index (χ1n) is 10.6. The molecule has 0 spiro atoms. The minimum absolute atomic E-state index is 0.236. The van der Waals surface area contributed by atoms with Gasteiger partial charge in [0.05, 0.1) is 11.4 Å². The van der Waals surface area contributed by atoms with E-state index in [1.54, 1.807) is 0 Å². The van der Waals surface area contributed by atoms with E-state index in [9.17, 15) is 9.59 Å². The molecule has 0 atom stereocenters. The summed E-state index contributed by atoms with van der Waals surface area (Å²) in [6.45, 7) is 3.08. The van der Waals surface area contributed by atoms with Crippen LogP contribution in [0.5, 0.6) is 0 Å². The molecular formula is C27H21BrN2O2S. The zero-order valence-corrected chi connectivity index (χ0v) is 20.4. The maximum Gasteiger partial charge on any atom is 0.293 e. The number of amides is 2. The molecule has 5 rings (SSSR count). The third-order valence-corrected chi connectivity index (χ3v) is 7.30. The van der Waals surface area contributed by atoms with Crippen molar-refractivity contribution in [3.63, 3.8) is 0 Å².